The molecule has 5 nitrogen and oxygen atoms in total. The lowest BCUT2D eigenvalue weighted by Crippen LogP contribution is -2.60. The van der Waals surface area contributed by atoms with Crippen LogP contribution < -0.4 is 10.6 Å². The maximum absolute atomic E-state index is 12.2. The second-order valence-electron chi connectivity index (χ2n) is 5.71. The largest absolute Gasteiger partial charge is 0.394 e. The molecule has 0 bridgehead atoms. The molecule has 3 unspecified atom stereocenters. The molecule has 1 aliphatic heterocycles. The second-order valence-corrected chi connectivity index (χ2v) is 5.71. The highest BCUT2D eigenvalue weighted by molar-refractivity contribution is 5.82. The molecule has 1 saturated carbocycles. The third-order valence-electron chi connectivity index (χ3n) is 4.02. The molecule has 18 heavy (non-hydrogen) atoms. The highest BCUT2D eigenvalue weighted by Gasteiger charge is 2.37. The summed E-state index contributed by atoms with van der Waals surface area (Å²) in [6.45, 7) is 3.99. The van der Waals surface area contributed by atoms with E-state index in [4.69, 9.17) is 4.74 Å². The van der Waals surface area contributed by atoms with E-state index >= 15 is 0 Å². The number of aliphatic hydroxyl groups excluding tert-OH is 1. The van der Waals surface area contributed by atoms with E-state index in [0.717, 1.165) is 19.3 Å². The summed E-state index contributed by atoms with van der Waals surface area (Å²) < 4.78 is 5.29. The van der Waals surface area contributed by atoms with Crippen LogP contribution >= 0.6 is 0 Å². The lowest BCUT2D eigenvalue weighted by atomic mass is 9.76. The molecule has 0 aromatic carbocycles. The van der Waals surface area contributed by atoms with Crippen molar-refractivity contribution in [2.24, 2.45) is 5.92 Å². The maximum atomic E-state index is 12.2. The molecule has 0 aromatic heterocycles. The maximum Gasteiger partial charge on any atom is 0.240 e. The number of hydrogen-bond donors (Lipinski definition) is 3. The number of carbonyl (C=O) groups is 1. The molecule has 2 fully saturated rings. The van der Waals surface area contributed by atoms with E-state index in [-0.39, 0.29) is 18.6 Å². The first-order chi connectivity index (χ1) is 8.65. The highest BCUT2D eigenvalue weighted by Crippen LogP contribution is 2.32. The van der Waals surface area contributed by atoms with Crippen molar-refractivity contribution in [1.82, 2.24) is 10.6 Å². The molecule has 1 amide bonds. The van der Waals surface area contributed by atoms with E-state index in [1.165, 1.54) is 6.42 Å². The van der Waals surface area contributed by atoms with Crippen molar-refractivity contribution in [3.8, 4) is 0 Å². The third kappa shape index (κ3) is 3.22. The van der Waals surface area contributed by atoms with Crippen molar-refractivity contribution >= 4 is 5.91 Å². The van der Waals surface area contributed by atoms with Crippen LogP contribution in [0.15, 0.2) is 0 Å². The Morgan fingerprint density at radius 2 is 2.44 bits per heavy atom. The normalized spacial score (nSPS) is 37.2. The fraction of sp³-hybridized carbons (Fsp3) is 0.923. The molecule has 1 saturated heterocycles. The summed E-state index contributed by atoms with van der Waals surface area (Å²) in [7, 11) is 0. The van der Waals surface area contributed by atoms with Crippen molar-refractivity contribution in [3.63, 3.8) is 0 Å². The van der Waals surface area contributed by atoms with Crippen molar-refractivity contribution in [2.75, 3.05) is 26.4 Å². The molecule has 0 radical (unpaired) electrons. The van der Waals surface area contributed by atoms with Gasteiger partial charge in [0.15, 0.2) is 0 Å². The van der Waals surface area contributed by atoms with Gasteiger partial charge in [-0.3, -0.25) is 4.79 Å². The number of morpholine rings is 1. The lowest BCUT2D eigenvalue weighted by Gasteiger charge is -2.40. The molecule has 2 aliphatic rings. The van der Waals surface area contributed by atoms with Gasteiger partial charge in [-0.15, -0.1) is 0 Å². The molecule has 104 valence electrons. The van der Waals surface area contributed by atoms with Gasteiger partial charge in [0.2, 0.25) is 5.91 Å². The minimum absolute atomic E-state index is 0.0245. The van der Waals surface area contributed by atoms with Crippen molar-refractivity contribution in [1.29, 1.82) is 0 Å². The summed E-state index contributed by atoms with van der Waals surface area (Å²) in [5, 5.41) is 15.8. The Morgan fingerprint density at radius 1 is 1.61 bits per heavy atom. The van der Waals surface area contributed by atoms with E-state index < -0.39 is 5.54 Å². The number of aliphatic hydroxyl groups is 1. The molecular weight excluding hydrogens is 232 g/mol. The minimum Gasteiger partial charge on any atom is -0.394 e. The topological polar surface area (TPSA) is 70.6 Å². The lowest BCUT2D eigenvalue weighted by molar-refractivity contribution is -0.129. The zero-order chi connectivity index (χ0) is 13.0. The van der Waals surface area contributed by atoms with E-state index in [2.05, 4.69) is 17.6 Å². The van der Waals surface area contributed by atoms with Gasteiger partial charge >= 0.3 is 0 Å². The molecule has 3 atom stereocenters. The average Bonchev–Trinajstić information content (AvgIpc) is 2.39. The van der Waals surface area contributed by atoms with Gasteiger partial charge in [-0.25, -0.2) is 0 Å². The van der Waals surface area contributed by atoms with Crippen LogP contribution in [0.1, 0.15) is 32.6 Å². The summed E-state index contributed by atoms with van der Waals surface area (Å²) in [5.41, 5.74) is -0.423. The van der Waals surface area contributed by atoms with Crippen LogP contribution in [0.4, 0.5) is 0 Å². The Labute approximate surface area is 108 Å². The van der Waals surface area contributed by atoms with Gasteiger partial charge in [0.1, 0.15) is 6.04 Å². The monoisotopic (exact) mass is 256 g/mol. The Hall–Kier alpha value is -0.650. The van der Waals surface area contributed by atoms with E-state index in [1.54, 1.807) is 0 Å². The number of ether oxygens (including phenoxy) is 1. The number of carbonyl (C=O) groups excluding carboxylic acids is 1. The van der Waals surface area contributed by atoms with E-state index in [9.17, 15) is 9.90 Å². The van der Waals surface area contributed by atoms with E-state index in [1.807, 2.05) is 0 Å². The molecule has 2 rings (SSSR count). The van der Waals surface area contributed by atoms with Crippen LogP contribution in [-0.4, -0.2) is 49.0 Å². The quantitative estimate of drug-likeness (QED) is 0.666. The van der Waals surface area contributed by atoms with Gasteiger partial charge in [-0.2, -0.15) is 0 Å². The molecule has 1 heterocycles. The molecule has 3 N–H and O–H groups in total. The van der Waals surface area contributed by atoms with Gasteiger partial charge in [-0.05, 0) is 18.8 Å². The van der Waals surface area contributed by atoms with Crippen LogP contribution in [0.2, 0.25) is 0 Å². The number of nitrogens with one attached hydrogen (secondary N) is 2. The Morgan fingerprint density at radius 3 is 3.06 bits per heavy atom. The minimum atomic E-state index is -0.423. The highest BCUT2D eigenvalue weighted by atomic mass is 16.5. The summed E-state index contributed by atoms with van der Waals surface area (Å²) >= 11 is 0. The molecule has 0 aromatic rings. The summed E-state index contributed by atoms with van der Waals surface area (Å²) in [5.74, 6) is 0.514. The summed E-state index contributed by atoms with van der Waals surface area (Å²) in [6.07, 6.45) is 3.98. The zero-order valence-electron chi connectivity index (χ0n) is 11.1. The van der Waals surface area contributed by atoms with Crippen molar-refractivity contribution in [2.45, 2.75) is 44.2 Å². The fourth-order valence-corrected chi connectivity index (χ4v) is 3.04. The molecular formula is C13H24N2O3. The van der Waals surface area contributed by atoms with Crippen LogP contribution in [0.3, 0.4) is 0 Å². The first kappa shape index (κ1) is 13.8. The Bertz CT molecular complexity index is 292. The molecule has 0 spiro atoms. The first-order valence-corrected chi connectivity index (χ1v) is 6.89. The predicted octanol–water partition coefficient (Wildman–Crippen LogP) is 0.0322. The van der Waals surface area contributed by atoms with Crippen molar-refractivity contribution in [3.05, 3.63) is 0 Å². The van der Waals surface area contributed by atoms with Crippen LogP contribution in [0.25, 0.3) is 0 Å². The number of hydrogen-bond acceptors (Lipinski definition) is 4. The molecule has 5 heteroatoms. The molecule has 1 aliphatic carbocycles. The Kier molecular flexibility index (Phi) is 4.59. The van der Waals surface area contributed by atoms with E-state index in [0.29, 0.717) is 25.7 Å². The summed E-state index contributed by atoms with van der Waals surface area (Å²) in [6, 6.07) is -0.278. The smallest absolute Gasteiger partial charge is 0.240 e. The van der Waals surface area contributed by atoms with Gasteiger partial charge in [0, 0.05) is 6.54 Å². The number of rotatable bonds is 3. The summed E-state index contributed by atoms with van der Waals surface area (Å²) in [4.78, 5) is 12.2. The standard InChI is InChI=1S/C13H24N2O3/c1-10-3-2-4-13(7-10,9-16)15-12(17)11-8-18-6-5-14-11/h10-11,14,16H,2-9H2,1H3,(H,15,17). The van der Waals surface area contributed by atoms with Crippen molar-refractivity contribution < 1.29 is 14.6 Å². The Balaban J connectivity index is 1.94. The third-order valence-corrected chi connectivity index (χ3v) is 4.02. The van der Waals surface area contributed by atoms with Gasteiger partial charge in [0.25, 0.3) is 0 Å². The van der Waals surface area contributed by atoms with Gasteiger partial charge < -0.3 is 20.5 Å². The van der Waals surface area contributed by atoms with Crippen LogP contribution in [0.5, 0.6) is 0 Å². The van der Waals surface area contributed by atoms with Gasteiger partial charge in [-0.1, -0.05) is 19.8 Å². The second kappa shape index (κ2) is 5.99. The van der Waals surface area contributed by atoms with Gasteiger partial charge in [0.05, 0.1) is 25.4 Å². The predicted molar refractivity (Wildman–Crippen MR) is 68.2 cm³/mol. The fourth-order valence-electron chi connectivity index (χ4n) is 3.04. The first-order valence-electron chi connectivity index (χ1n) is 6.89. The SMILES string of the molecule is CC1CCCC(CO)(NC(=O)C2COCCN2)C1. The van der Waals surface area contributed by atoms with Crippen LogP contribution in [-0.2, 0) is 9.53 Å². The van der Waals surface area contributed by atoms with Crippen LogP contribution in [0, 0.1) is 5.92 Å². The average molecular weight is 256 g/mol. The zero-order valence-corrected chi connectivity index (χ0v) is 11.1. The number of amides is 1.